The van der Waals surface area contributed by atoms with E-state index < -0.39 is 0 Å². The molecule has 0 saturated carbocycles. The minimum absolute atomic E-state index is 0.0148. The van der Waals surface area contributed by atoms with Gasteiger partial charge < -0.3 is 15.4 Å². The van der Waals surface area contributed by atoms with E-state index in [0.29, 0.717) is 18.8 Å². The minimum Gasteiger partial charge on any atom is -0.482 e. The van der Waals surface area contributed by atoms with E-state index in [1.54, 1.807) is 6.08 Å². The number of ether oxygens (including phenoxy) is 1. The SMILES string of the molecule is C=CCNC(=O)COc1c(Br)cccc1CNC(C)(C)C. The molecule has 1 aromatic carbocycles. The van der Waals surface area contributed by atoms with Crippen molar-refractivity contribution in [1.82, 2.24) is 10.6 Å². The number of carbonyl (C=O) groups is 1. The van der Waals surface area contributed by atoms with Gasteiger partial charge in [0.25, 0.3) is 5.91 Å². The summed E-state index contributed by atoms with van der Waals surface area (Å²) < 4.78 is 6.50. The lowest BCUT2D eigenvalue weighted by atomic mass is 10.1. The summed E-state index contributed by atoms with van der Waals surface area (Å²) in [5.41, 5.74) is 1.02. The Balaban J connectivity index is 2.71. The number of amides is 1. The van der Waals surface area contributed by atoms with Crippen LogP contribution in [0.1, 0.15) is 26.3 Å². The van der Waals surface area contributed by atoms with Crippen LogP contribution >= 0.6 is 15.9 Å². The number of halogens is 1. The van der Waals surface area contributed by atoms with E-state index in [1.807, 2.05) is 18.2 Å². The van der Waals surface area contributed by atoms with Gasteiger partial charge in [0.05, 0.1) is 4.47 Å². The fourth-order valence-electron chi connectivity index (χ4n) is 1.59. The second kappa shape index (κ2) is 8.20. The summed E-state index contributed by atoms with van der Waals surface area (Å²) in [6.45, 7) is 11.0. The van der Waals surface area contributed by atoms with Crippen molar-refractivity contribution >= 4 is 21.8 Å². The fourth-order valence-corrected chi connectivity index (χ4v) is 2.11. The summed E-state index contributed by atoms with van der Waals surface area (Å²) in [4.78, 5) is 11.6. The van der Waals surface area contributed by atoms with Crippen molar-refractivity contribution in [3.63, 3.8) is 0 Å². The lowest BCUT2D eigenvalue weighted by molar-refractivity contribution is -0.122. The lowest BCUT2D eigenvalue weighted by Crippen LogP contribution is -2.35. The summed E-state index contributed by atoms with van der Waals surface area (Å²) in [6, 6.07) is 5.84. The lowest BCUT2D eigenvalue weighted by Gasteiger charge is -2.22. The number of carbonyl (C=O) groups excluding carboxylic acids is 1. The highest BCUT2D eigenvalue weighted by molar-refractivity contribution is 9.10. The Bertz CT molecular complexity index is 496. The third kappa shape index (κ3) is 6.78. The quantitative estimate of drug-likeness (QED) is 0.740. The first kappa shape index (κ1) is 17.7. The number of rotatable bonds is 7. The molecule has 21 heavy (non-hydrogen) atoms. The minimum atomic E-state index is -0.166. The number of hydrogen-bond donors (Lipinski definition) is 2. The number of nitrogens with one attached hydrogen (secondary N) is 2. The van der Waals surface area contributed by atoms with Gasteiger partial charge in [0.15, 0.2) is 6.61 Å². The molecule has 0 atom stereocenters. The zero-order chi connectivity index (χ0) is 15.9. The molecule has 0 spiro atoms. The van der Waals surface area contributed by atoms with Crippen LogP contribution in [0.2, 0.25) is 0 Å². The summed E-state index contributed by atoms with van der Waals surface area (Å²) in [6.07, 6.45) is 1.63. The van der Waals surface area contributed by atoms with Crippen LogP contribution < -0.4 is 15.4 Å². The van der Waals surface area contributed by atoms with E-state index in [-0.39, 0.29) is 18.1 Å². The maximum atomic E-state index is 11.6. The van der Waals surface area contributed by atoms with Crippen LogP contribution in [0.4, 0.5) is 0 Å². The molecule has 4 nitrogen and oxygen atoms in total. The van der Waals surface area contributed by atoms with Crippen molar-refractivity contribution in [2.75, 3.05) is 13.2 Å². The maximum Gasteiger partial charge on any atom is 0.258 e. The number of benzene rings is 1. The molecule has 0 aliphatic rings. The normalized spacial score (nSPS) is 11.0. The first-order chi connectivity index (χ1) is 9.83. The third-order valence-electron chi connectivity index (χ3n) is 2.65. The fraction of sp³-hybridized carbons (Fsp3) is 0.438. The third-order valence-corrected chi connectivity index (χ3v) is 3.27. The highest BCUT2D eigenvalue weighted by atomic mass is 79.9. The van der Waals surface area contributed by atoms with Crippen LogP contribution in [0.25, 0.3) is 0 Å². The van der Waals surface area contributed by atoms with Crippen LogP contribution in [0.15, 0.2) is 35.3 Å². The van der Waals surface area contributed by atoms with Crippen molar-refractivity contribution in [2.24, 2.45) is 0 Å². The second-order valence-corrected chi connectivity index (χ2v) is 6.57. The van der Waals surface area contributed by atoms with Gasteiger partial charge in [-0.1, -0.05) is 18.2 Å². The molecule has 1 aromatic rings. The van der Waals surface area contributed by atoms with E-state index in [1.165, 1.54) is 0 Å². The topological polar surface area (TPSA) is 50.4 Å². The van der Waals surface area contributed by atoms with Gasteiger partial charge in [-0.2, -0.15) is 0 Å². The average molecular weight is 355 g/mol. The van der Waals surface area contributed by atoms with Gasteiger partial charge in [0.1, 0.15) is 5.75 Å². The average Bonchev–Trinajstić information content (AvgIpc) is 2.41. The molecule has 0 bridgehead atoms. The van der Waals surface area contributed by atoms with Crippen LogP contribution in [-0.2, 0) is 11.3 Å². The van der Waals surface area contributed by atoms with Gasteiger partial charge >= 0.3 is 0 Å². The van der Waals surface area contributed by atoms with Crippen molar-refractivity contribution < 1.29 is 9.53 Å². The molecular weight excluding hydrogens is 332 g/mol. The highest BCUT2D eigenvalue weighted by Crippen LogP contribution is 2.29. The molecule has 0 unspecified atom stereocenters. The summed E-state index contributed by atoms with van der Waals surface area (Å²) in [7, 11) is 0. The Hall–Kier alpha value is -1.33. The monoisotopic (exact) mass is 354 g/mol. The van der Waals surface area contributed by atoms with E-state index in [0.717, 1.165) is 10.0 Å². The van der Waals surface area contributed by atoms with Gasteiger partial charge in [-0.3, -0.25) is 4.79 Å². The summed E-state index contributed by atoms with van der Waals surface area (Å²) in [5.74, 6) is 0.531. The molecule has 0 radical (unpaired) electrons. The smallest absolute Gasteiger partial charge is 0.258 e. The second-order valence-electron chi connectivity index (χ2n) is 5.71. The van der Waals surface area contributed by atoms with Crippen molar-refractivity contribution in [3.8, 4) is 5.75 Å². The maximum absolute atomic E-state index is 11.6. The zero-order valence-corrected chi connectivity index (χ0v) is 14.4. The van der Waals surface area contributed by atoms with E-state index in [4.69, 9.17) is 4.74 Å². The molecule has 0 aliphatic carbocycles. The van der Waals surface area contributed by atoms with Crippen molar-refractivity contribution in [3.05, 3.63) is 40.9 Å². The molecule has 0 aromatic heterocycles. The first-order valence-electron chi connectivity index (χ1n) is 6.86. The largest absolute Gasteiger partial charge is 0.482 e. The molecule has 116 valence electrons. The molecular formula is C16H23BrN2O2. The summed E-state index contributed by atoms with van der Waals surface area (Å²) >= 11 is 3.47. The van der Waals surface area contributed by atoms with Crippen molar-refractivity contribution in [2.45, 2.75) is 32.9 Å². The van der Waals surface area contributed by atoms with Gasteiger partial charge in [-0.25, -0.2) is 0 Å². The predicted molar refractivity (Wildman–Crippen MR) is 89.4 cm³/mol. The molecule has 0 saturated heterocycles. The van der Waals surface area contributed by atoms with Crippen LogP contribution in [0.3, 0.4) is 0 Å². The van der Waals surface area contributed by atoms with Crippen LogP contribution in [0.5, 0.6) is 5.75 Å². The van der Waals surface area contributed by atoms with Gasteiger partial charge in [0, 0.05) is 24.2 Å². The number of para-hydroxylation sites is 1. The molecule has 0 heterocycles. The van der Waals surface area contributed by atoms with Crippen molar-refractivity contribution in [1.29, 1.82) is 0 Å². The van der Waals surface area contributed by atoms with E-state index >= 15 is 0 Å². The standard InChI is InChI=1S/C16H23BrN2O2/c1-5-9-18-14(20)11-21-15-12(7-6-8-13(15)17)10-19-16(2,3)4/h5-8,19H,1,9-11H2,2-4H3,(H,18,20). The van der Waals surface area contributed by atoms with Gasteiger partial charge in [0.2, 0.25) is 0 Å². The molecule has 0 aliphatic heterocycles. The Morgan fingerprint density at radius 3 is 2.76 bits per heavy atom. The van der Waals surface area contributed by atoms with E-state index in [9.17, 15) is 4.79 Å². The Labute approximate surface area is 135 Å². The van der Waals surface area contributed by atoms with Crippen LogP contribution in [-0.4, -0.2) is 24.6 Å². The molecule has 2 N–H and O–H groups in total. The van der Waals surface area contributed by atoms with E-state index in [2.05, 4.69) is 53.9 Å². The molecule has 1 rings (SSSR count). The predicted octanol–water partition coefficient (Wildman–Crippen LogP) is 3.02. The molecule has 0 fully saturated rings. The van der Waals surface area contributed by atoms with Crippen LogP contribution in [0, 0.1) is 0 Å². The first-order valence-corrected chi connectivity index (χ1v) is 7.65. The van der Waals surface area contributed by atoms with Gasteiger partial charge in [-0.05, 0) is 42.8 Å². The molecule has 1 amide bonds. The molecule has 5 heteroatoms. The highest BCUT2D eigenvalue weighted by Gasteiger charge is 2.13. The Kier molecular flexibility index (Phi) is 6.92. The van der Waals surface area contributed by atoms with Gasteiger partial charge in [-0.15, -0.1) is 6.58 Å². The zero-order valence-electron chi connectivity index (χ0n) is 12.8. The Morgan fingerprint density at radius 2 is 2.14 bits per heavy atom. The number of hydrogen-bond acceptors (Lipinski definition) is 3. The summed E-state index contributed by atoms with van der Waals surface area (Å²) in [5, 5.41) is 6.10. The Morgan fingerprint density at radius 1 is 1.43 bits per heavy atom.